The van der Waals surface area contributed by atoms with Crippen LogP contribution in [0.4, 0.5) is 15.6 Å². The quantitative estimate of drug-likeness (QED) is 0.873. The summed E-state index contributed by atoms with van der Waals surface area (Å²) in [6, 6.07) is 7.39. The summed E-state index contributed by atoms with van der Waals surface area (Å²) in [5, 5.41) is 15.5. The van der Waals surface area contributed by atoms with E-state index in [-0.39, 0.29) is 6.03 Å². The molecule has 1 aliphatic carbocycles. The zero-order valence-electron chi connectivity index (χ0n) is 12.6. The molecule has 6 heteroatoms. The van der Waals surface area contributed by atoms with Crippen molar-refractivity contribution in [2.75, 3.05) is 10.6 Å². The molecule has 22 heavy (non-hydrogen) atoms. The molecule has 0 bridgehead atoms. The molecule has 2 N–H and O–H groups in total. The fraction of sp³-hybridized carbons (Fsp3) is 0.438. The Kier molecular flexibility index (Phi) is 4.68. The van der Waals surface area contributed by atoms with Gasteiger partial charge in [-0.25, -0.2) is 4.79 Å². The molecule has 2 amide bonds. The van der Waals surface area contributed by atoms with Crippen LogP contribution in [0.1, 0.15) is 48.6 Å². The maximum Gasteiger partial charge on any atom is 0.325 e. The van der Waals surface area contributed by atoms with E-state index in [2.05, 4.69) is 20.8 Å². The van der Waals surface area contributed by atoms with E-state index in [4.69, 9.17) is 0 Å². The van der Waals surface area contributed by atoms with Crippen molar-refractivity contribution < 1.29 is 4.79 Å². The lowest BCUT2D eigenvalue weighted by Crippen LogP contribution is -2.19. The minimum Gasteiger partial charge on any atom is -0.308 e. The zero-order valence-corrected chi connectivity index (χ0v) is 13.4. The van der Waals surface area contributed by atoms with Crippen LogP contribution in [0.25, 0.3) is 0 Å². The van der Waals surface area contributed by atoms with E-state index in [1.807, 2.05) is 31.2 Å². The number of aryl methyl sites for hydroxylation is 1. The third kappa shape index (κ3) is 3.82. The molecule has 1 aliphatic rings. The summed E-state index contributed by atoms with van der Waals surface area (Å²) >= 11 is 1.49. The summed E-state index contributed by atoms with van der Waals surface area (Å²) in [6.07, 6.45) is 6.22. The molecule has 1 aromatic carbocycles. The molecule has 1 saturated carbocycles. The van der Waals surface area contributed by atoms with E-state index in [9.17, 15) is 4.79 Å². The van der Waals surface area contributed by atoms with Gasteiger partial charge in [-0.05, 0) is 31.9 Å². The van der Waals surface area contributed by atoms with Crippen molar-refractivity contribution in [2.24, 2.45) is 0 Å². The fourth-order valence-electron chi connectivity index (χ4n) is 2.70. The topological polar surface area (TPSA) is 66.9 Å². The number of nitrogens with zero attached hydrogens (tertiary/aromatic N) is 2. The van der Waals surface area contributed by atoms with Gasteiger partial charge in [0.1, 0.15) is 5.01 Å². The number of carbonyl (C=O) groups is 1. The Morgan fingerprint density at radius 3 is 2.55 bits per heavy atom. The van der Waals surface area contributed by atoms with Crippen molar-refractivity contribution in [3.63, 3.8) is 0 Å². The number of carbonyl (C=O) groups excluding carboxylic acids is 1. The van der Waals surface area contributed by atoms with Crippen LogP contribution in [-0.2, 0) is 0 Å². The number of rotatable bonds is 3. The fourth-order valence-corrected chi connectivity index (χ4v) is 3.60. The first kappa shape index (κ1) is 15.0. The average Bonchev–Trinajstić information content (AvgIpc) is 2.99. The average molecular weight is 316 g/mol. The van der Waals surface area contributed by atoms with Crippen LogP contribution in [0, 0.1) is 6.92 Å². The Labute approximate surface area is 134 Å². The lowest BCUT2D eigenvalue weighted by Gasteiger charge is -2.18. The second-order valence-corrected chi connectivity index (χ2v) is 6.73. The number of nitrogens with one attached hydrogen (secondary N) is 2. The van der Waals surface area contributed by atoms with Gasteiger partial charge in [0.15, 0.2) is 0 Å². The van der Waals surface area contributed by atoms with Gasteiger partial charge >= 0.3 is 6.03 Å². The van der Waals surface area contributed by atoms with Crippen molar-refractivity contribution in [3.8, 4) is 0 Å². The molecular weight excluding hydrogens is 296 g/mol. The number of hydrogen-bond acceptors (Lipinski definition) is 4. The Morgan fingerprint density at radius 2 is 1.82 bits per heavy atom. The van der Waals surface area contributed by atoms with Crippen LogP contribution in [-0.4, -0.2) is 16.2 Å². The normalized spacial score (nSPS) is 15.5. The van der Waals surface area contributed by atoms with Gasteiger partial charge < -0.3 is 5.32 Å². The van der Waals surface area contributed by atoms with Gasteiger partial charge in [0.2, 0.25) is 5.13 Å². The Morgan fingerprint density at radius 1 is 1.09 bits per heavy atom. The smallest absolute Gasteiger partial charge is 0.308 e. The molecule has 116 valence electrons. The summed E-state index contributed by atoms with van der Waals surface area (Å²) in [5.41, 5.74) is 1.92. The first-order valence-electron chi connectivity index (χ1n) is 7.69. The summed E-state index contributed by atoms with van der Waals surface area (Å²) in [6.45, 7) is 2.01. The van der Waals surface area contributed by atoms with Gasteiger partial charge in [-0.2, -0.15) is 0 Å². The van der Waals surface area contributed by atoms with E-state index < -0.39 is 0 Å². The summed E-state index contributed by atoms with van der Waals surface area (Å²) in [4.78, 5) is 12.0. The van der Waals surface area contributed by atoms with E-state index >= 15 is 0 Å². The summed E-state index contributed by atoms with van der Waals surface area (Å²) < 4.78 is 0. The van der Waals surface area contributed by atoms with E-state index in [1.54, 1.807) is 0 Å². The SMILES string of the molecule is Cc1ccc(NC(=O)Nc2nnc(C3CCCCC3)s2)cc1. The lowest BCUT2D eigenvalue weighted by molar-refractivity contribution is 0.262. The van der Waals surface area contributed by atoms with Crippen molar-refractivity contribution >= 4 is 28.2 Å². The molecule has 0 saturated heterocycles. The highest BCUT2D eigenvalue weighted by atomic mass is 32.1. The molecule has 3 rings (SSSR count). The molecule has 1 fully saturated rings. The number of aromatic nitrogens is 2. The number of anilines is 2. The number of hydrogen-bond donors (Lipinski definition) is 2. The van der Waals surface area contributed by atoms with E-state index in [0.717, 1.165) is 16.3 Å². The lowest BCUT2D eigenvalue weighted by atomic mass is 9.90. The van der Waals surface area contributed by atoms with Gasteiger partial charge in [0.05, 0.1) is 0 Å². The molecule has 1 aromatic heterocycles. The van der Waals surface area contributed by atoms with E-state index in [1.165, 1.54) is 43.4 Å². The maximum absolute atomic E-state index is 12.0. The molecule has 0 spiro atoms. The largest absolute Gasteiger partial charge is 0.325 e. The Balaban J connectivity index is 1.57. The number of amides is 2. The highest BCUT2D eigenvalue weighted by Crippen LogP contribution is 2.35. The molecule has 1 heterocycles. The van der Waals surface area contributed by atoms with Crippen LogP contribution in [0.3, 0.4) is 0 Å². The van der Waals surface area contributed by atoms with Crippen molar-refractivity contribution in [2.45, 2.75) is 44.9 Å². The maximum atomic E-state index is 12.0. The van der Waals surface area contributed by atoms with Crippen molar-refractivity contribution in [1.29, 1.82) is 0 Å². The predicted molar refractivity (Wildman–Crippen MR) is 89.6 cm³/mol. The van der Waals surface area contributed by atoms with Crippen LogP contribution < -0.4 is 10.6 Å². The first-order valence-corrected chi connectivity index (χ1v) is 8.50. The van der Waals surface area contributed by atoms with Gasteiger partial charge in [-0.15, -0.1) is 10.2 Å². The van der Waals surface area contributed by atoms with Crippen molar-refractivity contribution in [3.05, 3.63) is 34.8 Å². The molecule has 5 nitrogen and oxygen atoms in total. The second kappa shape index (κ2) is 6.87. The van der Waals surface area contributed by atoms with Crippen LogP contribution in [0.15, 0.2) is 24.3 Å². The molecule has 0 atom stereocenters. The van der Waals surface area contributed by atoms with Gasteiger partial charge in [-0.3, -0.25) is 5.32 Å². The molecular formula is C16H20N4OS. The van der Waals surface area contributed by atoms with Crippen LogP contribution in [0.5, 0.6) is 0 Å². The second-order valence-electron chi connectivity index (χ2n) is 5.73. The standard InChI is InChI=1S/C16H20N4OS/c1-11-7-9-13(10-8-11)17-15(21)18-16-20-19-14(22-16)12-5-3-2-4-6-12/h7-10,12H,2-6H2,1H3,(H2,17,18,20,21). The first-order chi connectivity index (χ1) is 10.7. The summed E-state index contributed by atoms with van der Waals surface area (Å²) in [5.74, 6) is 0.516. The van der Waals surface area contributed by atoms with Crippen molar-refractivity contribution in [1.82, 2.24) is 10.2 Å². The predicted octanol–water partition coefficient (Wildman–Crippen LogP) is 4.54. The van der Waals surface area contributed by atoms with Crippen LogP contribution in [0.2, 0.25) is 0 Å². The molecule has 0 aliphatic heterocycles. The molecule has 0 radical (unpaired) electrons. The number of benzene rings is 1. The van der Waals surface area contributed by atoms with Crippen LogP contribution >= 0.6 is 11.3 Å². The highest BCUT2D eigenvalue weighted by Gasteiger charge is 2.20. The third-order valence-corrected chi connectivity index (χ3v) is 4.93. The third-order valence-electron chi connectivity index (χ3n) is 3.92. The van der Waals surface area contributed by atoms with Gasteiger partial charge in [-0.1, -0.05) is 48.3 Å². The minimum absolute atomic E-state index is 0.282. The highest BCUT2D eigenvalue weighted by molar-refractivity contribution is 7.15. The molecule has 2 aromatic rings. The summed E-state index contributed by atoms with van der Waals surface area (Å²) in [7, 11) is 0. The molecule has 0 unspecified atom stereocenters. The van der Waals surface area contributed by atoms with E-state index in [0.29, 0.717) is 11.0 Å². The Hall–Kier alpha value is -1.95. The number of urea groups is 1. The Bertz CT molecular complexity index is 632. The minimum atomic E-state index is -0.282. The monoisotopic (exact) mass is 316 g/mol. The zero-order chi connectivity index (χ0) is 15.4. The van der Waals surface area contributed by atoms with Gasteiger partial charge in [0, 0.05) is 11.6 Å². The van der Waals surface area contributed by atoms with Gasteiger partial charge in [0.25, 0.3) is 0 Å².